The summed E-state index contributed by atoms with van der Waals surface area (Å²) >= 11 is 0. The third kappa shape index (κ3) is 3.31. The average Bonchev–Trinajstić information content (AvgIpc) is 3.37. The van der Waals surface area contributed by atoms with Gasteiger partial charge in [-0.2, -0.15) is 0 Å². The highest BCUT2D eigenvalue weighted by atomic mass is 16.6. The molecule has 1 atom stereocenters. The first-order chi connectivity index (χ1) is 10.3. The van der Waals surface area contributed by atoms with Crippen LogP contribution in [0.4, 0.5) is 5.69 Å². The van der Waals surface area contributed by atoms with Crippen LogP contribution >= 0.6 is 0 Å². The Morgan fingerprint density at radius 2 is 1.81 bits per heavy atom. The van der Waals surface area contributed by atoms with E-state index in [9.17, 15) is 4.79 Å². The molecule has 1 amide bonds. The molecule has 1 heterocycles. The van der Waals surface area contributed by atoms with Crippen LogP contribution in [-0.2, 0) is 11.2 Å². The van der Waals surface area contributed by atoms with E-state index < -0.39 is 0 Å². The second-order valence-corrected chi connectivity index (χ2v) is 5.26. The summed E-state index contributed by atoms with van der Waals surface area (Å²) in [6, 6.07) is 17.6. The molecule has 2 aromatic carbocycles. The van der Waals surface area contributed by atoms with E-state index in [2.05, 4.69) is 6.92 Å². The molecule has 0 bridgehead atoms. The summed E-state index contributed by atoms with van der Waals surface area (Å²) in [7, 11) is 0. The Hall–Kier alpha value is -2.13. The van der Waals surface area contributed by atoms with Crippen molar-refractivity contribution in [1.82, 2.24) is 0 Å². The summed E-state index contributed by atoms with van der Waals surface area (Å²) in [4.78, 5) is 14.6. The lowest BCUT2D eigenvalue weighted by molar-refractivity contribution is 0.0984. The number of aryl methyl sites for hydroxylation is 1. The van der Waals surface area contributed by atoms with Gasteiger partial charge in [-0.1, -0.05) is 37.3 Å². The van der Waals surface area contributed by atoms with Crippen LogP contribution in [0, 0.1) is 0 Å². The minimum atomic E-state index is 0.0272. The van der Waals surface area contributed by atoms with E-state index >= 15 is 0 Å². The largest absolute Gasteiger partial charge is 0.371 e. The molecule has 0 aromatic heterocycles. The van der Waals surface area contributed by atoms with Gasteiger partial charge in [0.05, 0.1) is 19.3 Å². The van der Waals surface area contributed by atoms with Gasteiger partial charge in [0, 0.05) is 11.3 Å². The molecule has 0 spiro atoms. The molecule has 3 rings (SSSR count). The molecule has 0 aliphatic carbocycles. The molecule has 0 saturated carbocycles. The first-order valence-corrected chi connectivity index (χ1v) is 7.35. The van der Waals surface area contributed by atoms with Gasteiger partial charge < -0.3 is 9.64 Å². The van der Waals surface area contributed by atoms with E-state index in [-0.39, 0.29) is 12.0 Å². The molecule has 1 saturated heterocycles. The Labute approximate surface area is 125 Å². The number of carbonyl (C=O) groups is 1. The fraction of sp³-hybridized carbons (Fsp3) is 0.278. The Morgan fingerprint density at radius 1 is 1.14 bits per heavy atom. The SMILES string of the molecule is CCc1ccc(C(=O)N(CC2CO2)c2ccccc2)cc1. The van der Waals surface area contributed by atoms with Gasteiger partial charge in [-0.15, -0.1) is 0 Å². The van der Waals surface area contributed by atoms with Gasteiger partial charge in [0.15, 0.2) is 0 Å². The Kier molecular flexibility index (Phi) is 4.02. The van der Waals surface area contributed by atoms with Gasteiger partial charge in [0.1, 0.15) is 0 Å². The number of ether oxygens (including phenoxy) is 1. The van der Waals surface area contributed by atoms with Crippen LogP contribution in [0.15, 0.2) is 54.6 Å². The summed E-state index contributed by atoms with van der Waals surface area (Å²) < 4.78 is 5.29. The van der Waals surface area contributed by atoms with Crippen LogP contribution in [0.3, 0.4) is 0 Å². The number of nitrogens with zero attached hydrogens (tertiary/aromatic N) is 1. The molecule has 3 heteroatoms. The maximum atomic E-state index is 12.8. The van der Waals surface area contributed by atoms with E-state index in [1.165, 1.54) is 5.56 Å². The lowest BCUT2D eigenvalue weighted by Gasteiger charge is -2.22. The molecule has 0 N–H and O–H groups in total. The van der Waals surface area contributed by atoms with Crippen LogP contribution in [-0.4, -0.2) is 25.2 Å². The number of carbonyl (C=O) groups excluding carboxylic acids is 1. The topological polar surface area (TPSA) is 32.8 Å². The van der Waals surface area contributed by atoms with Crippen molar-refractivity contribution in [3.8, 4) is 0 Å². The molecule has 2 aromatic rings. The number of epoxide rings is 1. The molecule has 108 valence electrons. The standard InChI is InChI=1S/C18H19NO2/c1-2-14-8-10-15(11-9-14)18(20)19(12-17-13-21-17)16-6-4-3-5-7-16/h3-11,17H,2,12-13H2,1H3. The highest BCUT2D eigenvalue weighted by molar-refractivity contribution is 6.06. The molecule has 0 radical (unpaired) electrons. The summed E-state index contributed by atoms with van der Waals surface area (Å²) in [6.07, 6.45) is 1.15. The van der Waals surface area contributed by atoms with Crippen LogP contribution < -0.4 is 4.90 Å². The fourth-order valence-corrected chi connectivity index (χ4v) is 2.33. The van der Waals surface area contributed by atoms with E-state index in [1.807, 2.05) is 54.6 Å². The quantitative estimate of drug-likeness (QED) is 0.788. The van der Waals surface area contributed by atoms with Crippen molar-refractivity contribution in [1.29, 1.82) is 0 Å². The molecule has 1 unspecified atom stereocenters. The molecular weight excluding hydrogens is 262 g/mol. The number of amides is 1. The minimum Gasteiger partial charge on any atom is -0.371 e. The average molecular weight is 281 g/mol. The number of anilines is 1. The number of hydrogen-bond acceptors (Lipinski definition) is 2. The first kappa shape index (κ1) is 13.8. The molecule has 1 aliphatic rings. The summed E-state index contributed by atoms with van der Waals surface area (Å²) in [5.41, 5.74) is 2.87. The number of hydrogen-bond donors (Lipinski definition) is 0. The third-order valence-electron chi connectivity index (χ3n) is 3.71. The molecule has 21 heavy (non-hydrogen) atoms. The van der Waals surface area contributed by atoms with Gasteiger partial charge in [-0.3, -0.25) is 4.79 Å². The maximum Gasteiger partial charge on any atom is 0.258 e. The fourth-order valence-electron chi connectivity index (χ4n) is 2.33. The predicted molar refractivity (Wildman–Crippen MR) is 83.7 cm³/mol. The molecule has 3 nitrogen and oxygen atoms in total. The van der Waals surface area contributed by atoms with E-state index in [1.54, 1.807) is 4.90 Å². The summed E-state index contributed by atoms with van der Waals surface area (Å²) in [5.74, 6) is 0.0272. The second kappa shape index (κ2) is 6.10. The predicted octanol–water partition coefficient (Wildman–Crippen LogP) is 3.29. The van der Waals surface area contributed by atoms with E-state index in [0.717, 1.165) is 24.3 Å². The Balaban J connectivity index is 1.85. The monoisotopic (exact) mass is 281 g/mol. The van der Waals surface area contributed by atoms with Gasteiger partial charge in [-0.05, 0) is 36.2 Å². The van der Waals surface area contributed by atoms with Crippen LogP contribution in [0.1, 0.15) is 22.8 Å². The lowest BCUT2D eigenvalue weighted by Crippen LogP contribution is -2.34. The van der Waals surface area contributed by atoms with Gasteiger partial charge in [0.2, 0.25) is 0 Å². The molecular formula is C18H19NO2. The number of para-hydroxylation sites is 1. The zero-order valence-electron chi connectivity index (χ0n) is 12.2. The number of rotatable bonds is 5. The second-order valence-electron chi connectivity index (χ2n) is 5.26. The number of benzene rings is 2. The van der Waals surface area contributed by atoms with Gasteiger partial charge in [0.25, 0.3) is 5.91 Å². The summed E-state index contributed by atoms with van der Waals surface area (Å²) in [5, 5.41) is 0. The van der Waals surface area contributed by atoms with Crippen molar-refractivity contribution in [2.75, 3.05) is 18.1 Å². The van der Waals surface area contributed by atoms with Crippen LogP contribution in [0.2, 0.25) is 0 Å². The highest BCUT2D eigenvalue weighted by Gasteiger charge is 2.29. The van der Waals surface area contributed by atoms with E-state index in [4.69, 9.17) is 4.74 Å². The zero-order chi connectivity index (χ0) is 14.7. The maximum absolute atomic E-state index is 12.8. The highest BCUT2D eigenvalue weighted by Crippen LogP contribution is 2.21. The van der Waals surface area contributed by atoms with Crippen molar-refractivity contribution in [2.45, 2.75) is 19.4 Å². The van der Waals surface area contributed by atoms with E-state index in [0.29, 0.717) is 6.54 Å². The normalized spacial score (nSPS) is 16.5. The lowest BCUT2D eigenvalue weighted by atomic mass is 10.1. The van der Waals surface area contributed by atoms with Crippen molar-refractivity contribution >= 4 is 11.6 Å². The molecule has 1 aliphatic heterocycles. The van der Waals surface area contributed by atoms with Crippen molar-refractivity contribution in [2.24, 2.45) is 0 Å². The minimum absolute atomic E-state index is 0.0272. The van der Waals surface area contributed by atoms with Crippen molar-refractivity contribution in [3.63, 3.8) is 0 Å². The van der Waals surface area contributed by atoms with Crippen LogP contribution in [0.5, 0.6) is 0 Å². The first-order valence-electron chi connectivity index (χ1n) is 7.35. The zero-order valence-corrected chi connectivity index (χ0v) is 12.2. The van der Waals surface area contributed by atoms with Crippen LogP contribution in [0.25, 0.3) is 0 Å². The van der Waals surface area contributed by atoms with Gasteiger partial charge >= 0.3 is 0 Å². The third-order valence-corrected chi connectivity index (χ3v) is 3.71. The van der Waals surface area contributed by atoms with Crippen molar-refractivity contribution < 1.29 is 9.53 Å². The Bertz CT molecular complexity index is 603. The summed E-state index contributed by atoms with van der Waals surface area (Å²) in [6.45, 7) is 3.46. The smallest absolute Gasteiger partial charge is 0.258 e. The van der Waals surface area contributed by atoms with Gasteiger partial charge in [-0.25, -0.2) is 0 Å². The Morgan fingerprint density at radius 3 is 2.38 bits per heavy atom. The molecule has 1 fully saturated rings. The van der Waals surface area contributed by atoms with Crippen molar-refractivity contribution in [3.05, 3.63) is 65.7 Å².